The second-order valence-electron chi connectivity index (χ2n) is 7.18. The Labute approximate surface area is 195 Å². The fourth-order valence-electron chi connectivity index (χ4n) is 3.31. The number of hydrogen-bond donors (Lipinski definition) is 1. The molecule has 0 saturated carbocycles. The van der Waals surface area contributed by atoms with Gasteiger partial charge in [0.15, 0.2) is 11.5 Å². The molecule has 1 heterocycles. The summed E-state index contributed by atoms with van der Waals surface area (Å²) >= 11 is 12.3. The third-order valence-electron chi connectivity index (χ3n) is 4.93. The number of imidazole rings is 1. The summed E-state index contributed by atoms with van der Waals surface area (Å²) < 4.78 is 11.6. The quantitative estimate of drug-likeness (QED) is 0.318. The van der Waals surface area contributed by atoms with Crippen molar-refractivity contribution in [3.8, 4) is 17.6 Å². The number of para-hydroxylation sites is 1. The Balaban J connectivity index is 1.71. The number of rotatable bonds is 6. The minimum atomic E-state index is 0.211. The highest BCUT2D eigenvalue weighted by molar-refractivity contribution is 6.35. The summed E-state index contributed by atoms with van der Waals surface area (Å²) in [5.41, 5.74) is 4.63. The molecule has 0 fully saturated rings. The van der Waals surface area contributed by atoms with E-state index in [0.29, 0.717) is 38.5 Å². The molecule has 0 saturated heterocycles. The maximum atomic E-state index is 9.83. The number of halogens is 2. The lowest BCUT2D eigenvalue weighted by atomic mass is 10.1. The number of fused-ring (bicyclic) bond motifs is 1. The summed E-state index contributed by atoms with van der Waals surface area (Å²) in [6.45, 7) is 2.22. The number of aromatic amines is 1. The molecule has 0 amide bonds. The molecule has 4 rings (SSSR count). The summed E-state index contributed by atoms with van der Waals surface area (Å²) in [4.78, 5) is 7.78. The van der Waals surface area contributed by atoms with Crippen LogP contribution in [-0.4, -0.2) is 17.1 Å². The molecule has 0 unspecified atom stereocenters. The molecule has 0 aliphatic heterocycles. The number of methoxy groups -OCH3 is 1. The molecule has 0 aliphatic carbocycles. The summed E-state index contributed by atoms with van der Waals surface area (Å²) in [5, 5.41) is 10.9. The number of aromatic nitrogens is 2. The molecular weight excluding hydrogens is 445 g/mol. The minimum Gasteiger partial charge on any atom is -0.493 e. The Hall–Kier alpha value is -3.46. The van der Waals surface area contributed by atoms with Crippen LogP contribution in [0.1, 0.15) is 22.5 Å². The van der Waals surface area contributed by atoms with E-state index in [9.17, 15) is 5.26 Å². The van der Waals surface area contributed by atoms with E-state index in [1.54, 1.807) is 31.4 Å². The number of aryl methyl sites for hydroxylation is 1. The zero-order valence-electron chi connectivity index (χ0n) is 17.4. The average molecular weight is 464 g/mol. The zero-order chi connectivity index (χ0) is 22.7. The lowest BCUT2D eigenvalue weighted by Crippen LogP contribution is -2.00. The highest BCUT2D eigenvalue weighted by Gasteiger charge is 2.14. The lowest BCUT2D eigenvalue weighted by Gasteiger charge is -2.14. The van der Waals surface area contributed by atoms with Crippen molar-refractivity contribution in [2.45, 2.75) is 13.5 Å². The Kier molecular flexibility index (Phi) is 6.36. The van der Waals surface area contributed by atoms with Crippen molar-refractivity contribution in [1.29, 1.82) is 5.26 Å². The van der Waals surface area contributed by atoms with Gasteiger partial charge in [0, 0.05) is 21.2 Å². The van der Waals surface area contributed by atoms with Gasteiger partial charge in [0.2, 0.25) is 0 Å². The Morgan fingerprint density at radius 1 is 1.16 bits per heavy atom. The number of nitriles is 1. The van der Waals surface area contributed by atoms with E-state index in [2.05, 4.69) is 16.0 Å². The summed E-state index contributed by atoms with van der Waals surface area (Å²) in [6, 6.07) is 18.9. The van der Waals surface area contributed by atoms with Crippen molar-refractivity contribution in [1.82, 2.24) is 9.97 Å². The first-order valence-corrected chi connectivity index (χ1v) is 10.6. The Bertz CT molecular complexity index is 1370. The van der Waals surface area contributed by atoms with E-state index in [4.69, 9.17) is 32.7 Å². The Morgan fingerprint density at radius 2 is 2.00 bits per heavy atom. The van der Waals surface area contributed by atoms with E-state index in [1.165, 1.54) is 0 Å². The Morgan fingerprint density at radius 3 is 2.75 bits per heavy atom. The fourth-order valence-corrected chi connectivity index (χ4v) is 3.77. The average Bonchev–Trinajstić information content (AvgIpc) is 3.20. The van der Waals surface area contributed by atoms with Crippen LogP contribution in [0.25, 0.3) is 22.7 Å². The van der Waals surface area contributed by atoms with Crippen molar-refractivity contribution in [3.63, 3.8) is 0 Å². The van der Waals surface area contributed by atoms with Crippen LogP contribution in [0.5, 0.6) is 11.5 Å². The van der Waals surface area contributed by atoms with Crippen molar-refractivity contribution in [3.05, 3.63) is 87.2 Å². The van der Waals surface area contributed by atoms with Crippen molar-refractivity contribution < 1.29 is 9.47 Å². The van der Waals surface area contributed by atoms with Gasteiger partial charge in [-0.25, -0.2) is 4.98 Å². The van der Waals surface area contributed by atoms with E-state index < -0.39 is 0 Å². The summed E-state index contributed by atoms with van der Waals surface area (Å²) in [5.74, 6) is 1.53. The van der Waals surface area contributed by atoms with Gasteiger partial charge in [0.05, 0.1) is 23.7 Å². The van der Waals surface area contributed by atoms with Gasteiger partial charge in [-0.15, -0.1) is 0 Å². The number of nitrogens with one attached hydrogen (secondary N) is 1. The second kappa shape index (κ2) is 9.35. The number of allylic oxidation sites excluding steroid dienone is 1. The van der Waals surface area contributed by atoms with Gasteiger partial charge in [-0.3, -0.25) is 0 Å². The first kappa shape index (κ1) is 21.8. The third kappa shape index (κ3) is 4.57. The molecule has 3 aromatic carbocycles. The molecule has 1 N–H and O–H groups in total. The molecule has 1 aromatic heterocycles. The number of nitrogens with zero attached hydrogens (tertiary/aromatic N) is 2. The van der Waals surface area contributed by atoms with E-state index in [-0.39, 0.29) is 6.61 Å². The van der Waals surface area contributed by atoms with E-state index in [0.717, 1.165) is 22.2 Å². The van der Waals surface area contributed by atoms with Gasteiger partial charge in [0.1, 0.15) is 18.5 Å². The molecule has 7 heteroatoms. The third-order valence-corrected chi connectivity index (χ3v) is 5.52. The van der Waals surface area contributed by atoms with Crippen LogP contribution in [0.2, 0.25) is 10.0 Å². The molecule has 0 spiro atoms. The van der Waals surface area contributed by atoms with Gasteiger partial charge in [-0.2, -0.15) is 5.26 Å². The number of H-pyrrole nitrogens is 1. The van der Waals surface area contributed by atoms with Crippen LogP contribution in [0.4, 0.5) is 0 Å². The van der Waals surface area contributed by atoms with Crippen molar-refractivity contribution >= 4 is 45.9 Å². The van der Waals surface area contributed by atoms with Crippen LogP contribution in [0, 0.1) is 18.3 Å². The smallest absolute Gasteiger partial charge is 0.168 e. The van der Waals surface area contributed by atoms with Crippen molar-refractivity contribution in [2.75, 3.05) is 7.11 Å². The van der Waals surface area contributed by atoms with Crippen LogP contribution >= 0.6 is 23.2 Å². The molecule has 0 radical (unpaired) electrons. The monoisotopic (exact) mass is 463 g/mol. The number of benzene rings is 3. The van der Waals surface area contributed by atoms with E-state index in [1.807, 2.05) is 43.3 Å². The predicted octanol–water partition coefficient (Wildman–Crippen LogP) is 6.83. The van der Waals surface area contributed by atoms with Gasteiger partial charge >= 0.3 is 0 Å². The lowest BCUT2D eigenvalue weighted by molar-refractivity contribution is 0.284. The number of hydrogen-bond acceptors (Lipinski definition) is 4. The fraction of sp³-hybridized carbons (Fsp3) is 0.120. The maximum absolute atomic E-state index is 9.83. The SMILES string of the molecule is COc1cccc(/C=C(\C#N)c2nc3ccc(C)cc3[nH]2)c1OCc1ccc(Cl)cc1Cl. The molecular formula is C25H19Cl2N3O2. The van der Waals surface area contributed by atoms with Crippen molar-refractivity contribution in [2.24, 2.45) is 0 Å². The second-order valence-corrected chi connectivity index (χ2v) is 8.02. The molecule has 0 bridgehead atoms. The maximum Gasteiger partial charge on any atom is 0.168 e. The largest absolute Gasteiger partial charge is 0.493 e. The van der Waals surface area contributed by atoms with Crippen LogP contribution in [0.15, 0.2) is 54.6 Å². The topological polar surface area (TPSA) is 70.9 Å². The molecule has 4 aromatic rings. The molecule has 160 valence electrons. The summed E-state index contributed by atoms with van der Waals surface area (Å²) in [7, 11) is 1.57. The highest BCUT2D eigenvalue weighted by atomic mass is 35.5. The summed E-state index contributed by atoms with van der Waals surface area (Å²) in [6.07, 6.45) is 1.73. The van der Waals surface area contributed by atoms with Gasteiger partial charge in [0.25, 0.3) is 0 Å². The minimum absolute atomic E-state index is 0.211. The number of ether oxygens (including phenoxy) is 2. The molecule has 32 heavy (non-hydrogen) atoms. The van der Waals surface area contributed by atoms with Crippen LogP contribution < -0.4 is 9.47 Å². The highest BCUT2D eigenvalue weighted by Crippen LogP contribution is 2.35. The first-order valence-electron chi connectivity index (χ1n) is 9.80. The molecule has 0 aliphatic rings. The molecule has 5 nitrogen and oxygen atoms in total. The predicted molar refractivity (Wildman–Crippen MR) is 128 cm³/mol. The first-order chi connectivity index (χ1) is 15.5. The van der Waals surface area contributed by atoms with Crippen LogP contribution in [0.3, 0.4) is 0 Å². The van der Waals surface area contributed by atoms with Crippen LogP contribution in [-0.2, 0) is 6.61 Å². The van der Waals surface area contributed by atoms with Gasteiger partial charge < -0.3 is 14.5 Å². The van der Waals surface area contributed by atoms with E-state index >= 15 is 0 Å². The van der Waals surface area contributed by atoms with Gasteiger partial charge in [-0.1, -0.05) is 47.5 Å². The zero-order valence-corrected chi connectivity index (χ0v) is 19.0. The van der Waals surface area contributed by atoms with Gasteiger partial charge in [-0.05, 0) is 48.9 Å². The molecule has 0 atom stereocenters. The standard InChI is InChI=1S/C25H19Cl2N3O2/c1-15-6-9-21-22(10-15)30-25(29-21)18(13-28)11-16-4-3-5-23(31-2)24(16)32-14-17-7-8-19(26)12-20(17)27/h3-12H,14H2,1-2H3,(H,29,30)/b18-11+. The normalized spacial score (nSPS) is 11.4.